The van der Waals surface area contributed by atoms with Crippen molar-refractivity contribution in [1.82, 2.24) is 9.97 Å². The Balaban J connectivity index is 2.47. The number of hydrogen-bond acceptors (Lipinski definition) is 4. The molecule has 1 heterocycles. The smallest absolute Gasteiger partial charge is 0.223 e. The normalized spacial score (nSPS) is 12.8. The van der Waals surface area contributed by atoms with Crippen molar-refractivity contribution in [2.45, 2.75) is 46.5 Å². The summed E-state index contributed by atoms with van der Waals surface area (Å²) in [5.74, 6) is 1.78. The molecule has 0 saturated carbocycles. The average molecular weight is 250 g/mol. The van der Waals surface area contributed by atoms with Gasteiger partial charge in [-0.15, -0.1) is 0 Å². The number of anilines is 1. The molecule has 1 rings (SSSR count). The summed E-state index contributed by atoms with van der Waals surface area (Å²) in [6, 6.07) is 2.05. The largest absolute Gasteiger partial charge is 0.354 e. The molecule has 102 valence electrons. The summed E-state index contributed by atoms with van der Waals surface area (Å²) < 4.78 is 0. The van der Waals surface area contributed by atoms with Crippen LogP contribution in [-0.4, -0.2) is 23.1 Å². The Morgan fingerprint density at radius 3 is 2.61 bits per heavy atom. The summed E-state index contributed by atoms with van der Waals surface area (Å²) in [5.41, 5.74) is 7.71. The summed E-state index contributed by atoms with van der Waals surface area (Å²) in [6.45, 7) is 10.2. The fraction of sp³-hybridized carbons (Fsp3) is 0.714. The molecule has 1 aromatic rings. The van der Waals surface area contributed by atoms with Crippen molar-refractivity contribution in [3.63, 3.8) is 0 Å². The third kappa shape index (κ3) is 5.00. The first-order valence-corrected chi connectivity index (χ1v) is 6.82. The van der Waals surface area contributed by atoms with Crippen molar-refractivity contribution in [3.05, 3.63) is 17.5 Å². The number of aromatic nitrogens is 2. The highest BCUT2D eigenvalue weighted by atomic mass is 15.1. The standard InChI is InChI=1S/C14H26N4/c1-10(2)13-8-12(4)17-14(18-13)16-7-5-6-11(3)9-15/h8,10-11H,5-7,9,15H2,1-4H3,(H,16,17,18). The number of aryl methyl sites for hydroxylation is 1. The predicted molar refractivity (Wildman–Crippen MR) is 76.8 cm³/mol. The van der Waals surface area contributed by atoms with Crippen LogP contribution in [-0.2, 0) is 0 Å². The first-order valence-electron chi connectivity index (χ1n) is 6.82. The van der Waals surface area contributed by atoms with Crippen LogP contribution in [0.5, 0.6) is 0 Å². The van der Waals surface area contributed by atoms with Gasteiger partial charge >= 0.3 is 0 Å². The Morgan fingerprint density at radius 1 is 1.28 bits per heavy atom. The van der Waals surface area contributed by atoms with Crippen molar-refractivity contribution in [1.29, 1.82) is 0 Å². The van der Waals surface area contributed by atoms with Crippen LogP contribution < -0.4 is 11.1 Å². The van der Waals surface area contributed by atoms with Crippen molar-refractivity contribution < 1.29 is 0 Å². The Kier molecular flexibility index (Phi) is 6.05. The topological polar surface area (TPSA) is 63.8 Å². The van der Waals surface area contributed by atoms with E-state index < -0.39 is 0 Å². The van der Waals surface area contributed by atoms with Gasteiger partial charge in [-0.3, -0.25) is 0 Å². The summed E-state index contributed by atoms with van der Waals surface area (Å²) in [7, 11) is 0. The number of nitrogens with zero attached hydrogens (tertiary/aromatic N) is 2. The van der Waals surface area contributed by atoms with Crippen LogP contribution in [0.15, 0.2) is 6.07 Å². The molecule has 0 saturated heterocycles. The zero-order valence-electron chi connectivity index (χ0n) is 12.0. The summed E-state index contributed by atoms with van der Waals surface area (Å²) in [6.07, 6.45) is 2.25. The van der Waals surface area contributed by atoms with E-state index >= 15 is 0 Å². The fourth-order valence-corrected chi connectivity index (χ4v) is 1.74. The molecule has 0 fully saturated rings. The average Bonchev–Trinajstić information content (AvgIpc) is 2.33. The first-order chi connectivity index (χ1) is 8.52. The van der Waals surface area contributed by atoms with Crippen LogP contribution in [0, 0.1) is 12.8 Å². The van der Waals surface area contributed by atoms with Crippen molar-refractivity contribution in [2.75, 3.05) is 18.4 Å². The number of hydrogen-bond donors (Lipinski definition) is 2. The van der Waals surface area contributed by atoms with Crippen molar-refractivity contribution >= 4 is 5.95 Å². The molecule has 18 heavy (non-hydrogen) atoms. The molecule has 0 radical (unpaired) electrons. The lowest BCUT2D eigenvalue weighted by molar-refractivity contribution is 0.529. The second-order valence-electron chi connectivity index (χ2n) is 5.32. The molecule has 1 unspecified atom stereocenters. The lowest BCUT2D eigenvalue weighted by Crippen LogP contribution is -2.13. The highest BCUT2D eigenvalue weighted by molar-refractivity contribution is 5.28. The SMILES string of the molecule is Cc1cc(C(C)C)nc(NCCCC(C)CN)n1. The van der Waals surface area contributed by atoms with Crippen LogP contribution in [0.3, 0.4) is 0 Å². The molecule has 4 heteroatoms. The fourth-order valence-electron chi connectivity index (χ4n) is 1.74. The van der Waals surface area contributed by atoms with Gasteiger partial charge in [0, 0.05) is 17.9 Å². The highest BCUT2D eigenvalue weighted by Crippen LogP contribution is 2.14. The number of nitrogens with two attached hydrogens (primary N) is 1. The van der Waals surface area contributed by atoms with Crippen LogP contribution >= 0.6 is 0 Å². The van der Waals surface area contributed by atoms with E-state index in [2.05, 4.69) is 36.1 Å². The van der Waals surface area contributed by atoms with E-state index in [1.165, 1.54) is 0 Å². The van der Waals surface area contributed by atoms with E-state index in [1.54, 1.807) is 0 Å². The third-order valence-electron chi connectivity index (χ3n) is 3.02. The van der Waals surface area contributed by atoms with E-state index in [0.29, 0.717) is 11.8 Å². The van der Waals surface area contributed by atoms with Gasteiger partial charge < -0.3 is 11.1 Å². The molecule has 0 aliphatic heterocycles. The molecule has 0 amide bonds. The monoisotopic (exact) mass is 250 g/mol. The molecule has 0 bridgehead atoms. The summed E-state index contributed by atoms with van der Waals surface area (Å²) in [4.78, 5) is 8.93. The molecule has 0 aliphatic carbocycles. The number of rotatable bonds is 7. The Labute approximate surface area is 110 Å². The van der Waals surface area contributed by atoms with E-state index in [0.717, 1.165) is 43.3 Å². The Hall–Kier alpha value is -1.16. The van der Waals surface area contributed by atoms with E-state index in [9.17, 15) is 0 Å². The lowest BCUT2D eigenvalue weighted by atomic mass is 10.1. The predicted octanol–water partition coefficient (Wildman–Crippen LogP) is 2.70. The van der Waals surface area contributed by atoms with Gasteiger partial charge in [0.15, 0.2) is 0 Å². The lowest BCUT2D eigenvalue weighted by Gasteiger charge is -2.11. The molecule has 4 nitrogen and oxygen atoms in total. The van der Waals surface area contributed by atoms with Gasteiger partial charge in [-0.1, -0.05) is 20.8 Å². The van der Waals surface area contributed by atoms with E-state index in [4.69, 9.17) is 5.73 Å². The molecule has 0 aromatic carbocycles. The second-order valence-corrected chi connectivity index (χ2v) is 5.32. The molecule has 1 aromatic heterocycles. The van der Waals surface area contributed by atoms with Crippen LogP contribution in [0.4, 0.5) is 5.95 Å². The van der Waals surface area contributed by atoms with Crippen molar-refractivity contribution in [2.24, 2.45) is 11.7 Å². The van der Waals surface area contributed by atoms with Gasteiger partial charge in [-0.05, 0) is 44.2 Å². The van der Waals surface area contributed by atoms with Gasteiger partial charge in [-0.25, -0.2) is 9.97 Å². The van der Waals surface area contributed by atoms with Crippen molar-refractivity contribution in [3.8, 4) is 0 Å². The highest BCUT2D eigenvalue weighted by Gasteiger charge is 2.05. The minimum atomic E-state index is 0.435. The summed E-state index contributed by atoms with van der Waals surface area (Å²) in [5, 5.41) is 3.30. The van der Waals surface area contributed by atoms with Crippen LogP contribution in [0.1, 0.15) is 50.9 Å². The van der Waals surface area contributed by atoms with Gasteiger partial charge in [0.25, 0.3) is 0 Å². The maximum Gasteiger partial charge on any atom is 0.223 e. The zero-order chi connectivity index (χ0) is 13.5. The molecule has 3 N–H and O–H groups in total. The van der Waals surface area contributed by atoms with Crippen LogP contribution in [0.2, 0.25) is 0 Å². The Bertz CT molecular complexity index is 363. The van der Waals surface area contributed by atoms with Crippen LogP contribution in [0.25, 0.3) is 0 Å². The van der Waals surface area contributed by atoms with Gasteiger partial charge in [0.1, 0.15) is 0 Å². The minimum absolute atomic E-state index is 0.435. The maximum absolute atomic E-state index is 5.59. The molecule has 0 spiro atoms. The quantitative estimate of drug-likeness (QED) is 0.730. The molecule has 1 atom stereocenters. The first kappa shape index (κ1) is 14.9. The van der Waals surface area contributed by atoms with Gasteiger partial charge in [0.2, 0.25) is 5.95 Å². The summed E-state index contributed by atoms with van der Waals surface area (Å²) >= 11 is 0. The molecular formula is C14H26N4. The van der Waals surface area contributed by atoms with Gasteiger partial charge in [0.05, 0.1) is 0 Å². The maximum atomic E-state index is 5.59. The molecular weight excluding hydrogens is 224 g/mol. The molecule has 0 aliphatic rings. The zero-order valence-corrected chi connectivity index (χ0v) is 12.0. The Morgan fingerprint density at radius 2 is 2.00 bits per heavy atom. The van der Waals surface area contributed by atoms with Gasteiger partial charge in [-0.2, -0.15) is 0 Å². The van der Waals surface area contributed by atoms with E-state index in [1.807, 2.05) is 13.0 Å². The minimum Gasteiger partial charge on any atom is -0.354 e. The van der Waals surface area contributed by atoms with E-state index in [-0.39, 0.29) is 0 Å². The third-order valence-corrected chi connectivity index (χ3v) is 3.02. The number of nitrogens with one attached hydrogen (secondary N) is 1. The second kappa shape index (κ2) is 7.31.